The Labute approximate surface area is 101 Å². The van der Waals surface area contributed by atoms with E-state index in [1.807, 2.05) is 4.90 Å². The normalized spacial score (nSPS) is 25.5. The maximum atomic E-state index is 11.0. The Bertz CT molecular complexity index is 259. The molecular weight excluding hydrogens is 224 g/mol. The molecule has 0 spiro atoms. The van der Waals surface area contributed by atoms with Gasteiger partial charge in [0.15, 0.2) is 0 Å². The Morgan fingerprint density at radius 3 is 2.65 bits per heavy atom. The number of aliphatic hydroxyl groups is 1. The number of piperidine rings is 1. The molecule has 17 heavy (non-hydrogen) atoms. The first kappa shape index (κ1) is 13.9. The molecule has 0 aromatic heterocycles. The van der Waals surface area contributed by atoms with E-state index in [-0.39, 0.29) is 30.9 Å². The van der Waals surface area contributed by atoms with E-state index in [0.29, 0.717) is 26.1 Å². The van der Waals surface area contributed by atoms with Gasteiger partial charge in [0, 0.05) is 39.0 Å². The number of carbonyl (C=O) groups is 2. The topological polar surface area (TPSA) is 89.9 Å². The minimum Gasteiger partial charge on any atom is -0.481 e. The number of carboxylic acid groups (broad SMARTS) is 1. The fraction of sp³-hybridized carbons (Fsp3) is 0.818. The number of carboxylic acids is 1. The summed E-state index contributed by atoms with van der Waals surface area (Å²) < 4.78 is 0. The number of nitrogens with zero attached hydrogens (tertiary/aromatic N) is 1. The molecule has 1 amide bonds. The lowest BCUT2D eigenvalue weighted by atomic mass is 9.91. The Kier molecular flexibility index (Phi) is 5.37. The van der Waals surface area contributed by atoms with E-state index < -0.39 is 5.97 Å². The number of carbonyl (C=O) groups excluding carboxylic acids is 1. The molecule has 3 N–H and O–H groups in total. The second-order valence-electron chi connectivity index (χ2n) is 4.58. The van der Waals surface area contributed by atoms with Crippen LogP contribution < -0.4 is 5.32 Å². The van der Waals surface area contributed by atoms with Crippen LogP contribution >= 0.6 is 0 Å². The van der Waals surface area contributed by atoms with Gasteiger partial charge in [0.05, 0.1) is 6.61 Å². The number of likely N-dealkylation sites (tertiary alicyclic amines) is 1. The standard InChI is InChI=1S/C11H20N2O4/c1-8(15)12-10-4-9(5-11(16)17)6-13(7-10)2-3-14/h9-10,14H,2-7H2,1H3,(H,12,15)(H,16,17). The van der Waals surface area contributed by atoms with Crippen molar-refractivity contribution in [3.8, 4) is 0 Å². The van der Waals surface area contributed by atoms with Crippen molar-refractivity contribution in [2.75, 3.05) is 26.2 Å². The summed E-state index contributed by atoms with van der Waals surface area (Å²) in [4.78, 5) is 23.7. The van der Waals surface area contributed by atoms with Crippen molar-refractivity contribution in [1.29, 1.82) is 0 Å². The zero-order valence-electron chi connectivity index (χ0n) is 10.1. The lowest BCUT2D eigenvalue weighted by Gasteiger charge is -2.37. The van der Waals surface area contributed by atoms with E-state index in [1.54, 1.807) is 0 Å². The molecular formula is C11H20N2O4. The molecule has 0 saturated carbocycles. The highest BCUT2D eigenvalue weighted by atomic mass is 16.4. The fourth-order valence-corrected chi connectivity index (χ4v) is 2.41. The molecule has 2 unspecified atom stereocenters. The number of nitrogens with one attached hydrogen (secondary N) is 1. The van der Waals surface area contributed by atoms with Gasteiger partial charge in [-0.1, -0.05) is 0 Å². The zero-order valence-corrected chi connectivity index (χ0v) is 10.1. The molecule has 0 bridgehead atoms. The first-order valence-corrected chi connectivity index (χ1v) is 5.83. The lowest BCUT2D eigenvalue weighted by Crippen LogP contribution is -2.51. The number of hydrogen-bond donors (Lipinski definition) is 3. The average molecular weight is 244 g/mol. The van der Waals surface area contributed by atoms with Crippen molar-refractivity contribution in [1.82, 2.24) is 10.2 Å². The molecule has 98 valence electrons. The maximum absolute atomic E-state index is 11.0. The van der Waals surface area contributed by atoms with Crippen molar-refractivity contribution < 1.29 is 19.8 Å². The van der Waals surface area contributed by atoms with E-state index in [9.17, 15) is 9.59 Å². The van der Waals surface area contributed by atoms with Gasteiger partial charge < -0.3 is 15.5 Å². The van der Waals surface area contributed by atoms with Crippen LogP contribution in [0.5, 0.6) is 0 Å². The molecule has 0 radical (unpaired) electrons. The SMILES string of the molecule is CC(=O)NC1CC(CC(=O)O)CN(CCO)C1. The second kappa shape index (κ2) is 6.56. The summed E-state index contributed by atoms with van der Waals surface area (Å²) in [5, 5.41) is 20.5. The molecule has 1 aliphatic heterocycles. The van der Waals surface area contributed by atoms with Crippen LogP contribution in [0.2, 0.25) is 0 Å². The van der Waals surface area contributed by atoms with Crippen LogP contribution in [0.4, 0.5) is 0 Å². The van der Waals surface area contributed by atoms with Crippen LogP contribution in [0.25, 0.3) is 0 Å². The largest absolute Gasteiger partial charge is 0.481 e. The quantitative estimate of drug-likeness (QED) is 0.594. The molecule has 1 aliphatic rings. The fourth-order valence-electron chi connectivity index (χ4n) is 2.41. The van der Waals surface area contributed by atoms with E-state index in [4.69, 9.17) is 10.2 Å². The third kappa shape index (κ3) is 5.14. The van der Waals surface area contributed by atoms with E-state index in [2.05, 4.69) is 5.32 Å². The number of aliphatic carboxylic acids is 1. The second-order valence-corrected chi connectivity index (χ2v) is 4.58. The summed E-state index contributed by atoms with van der Waals surface area (Å²) in [6, 6.07) is -0.0165. The van der Waals surface area contributed by atoms with Crippen molar-refractivity contribution in [3.63, 3.8) is 0 Å². The Balaban J connectivity index is 2.55. The molecule has 1 heterocycles. The molecule has 1 saturated heterocycles. The van der Waals surface area contributed by atoms with E-state index in [0.717, 1.165) is 0 Å². The van der Waals surface area contributed by atoms with Crippen molar-refractivity contribution in [3.05, 3.63) is 0 Å². The van der Waals surface area contributed by atoms with Crippen LogP contribution in [0, 0.1) is 5.92 Å². The van der Waals surface area contributed by atoms with Crippen molar-refractivity contribution in [2.45, 2.75) is 25.8 Å². The van der Waals surface area contributed by atoms with Crippen LogP contribution in [-0.2, 0) is 9.59 Å². The number of rotatable bonds is 5. The Morgan fingerprint density at radius 1 is 1.41 bits per heavy atom. The minimum atomic E-state index is -0.817. The predicted molar refractivity (Wildman–Crippen MR) is 61.5 cm³/mol. The smallest absolute Gasteiger partial charge is 0.303 e. The van der Waals surface area contributed by atoms with Crippen LogP contribution in [0.1, 0.15) is 19.8 Å². The average Bonchev–Trinajstić information content (AvgIpc) is 2.14. The lowest BCUT2D eigenvalue weighted by molar-refractivity contribution is -0.138. The molecule has 2 atom stereocenters. The molecule has 1 rings (SSSR count). The Morgan fingerprint density at radius 2 is 2.12 bits per heavy atom. The molecule has 0 aromatic carbocycles. The van der Waals surface area contributed by atoms with Gasteiger partial charge >= 0.3 is 5.97 Å². The summed E-state index contributed by atoms with van der Waals surface area (Å²) in [6.07, 6.45) is 0.797. The van der Waals surface area contributed by atoms with Gasteiger partial charge in [0.2, 0.25) is 5.91 Å². The molecule has 0 aromatic rings. The highest BCUT2D eigenvalue weighted by Crippen LogP contribution is 2.19. The van der Waals surface area contributed by atoms with E-state index >= 15 is 0 Å². The van der Waals surface area contributed by atoms with Gasteiger partial charge in [-0.25, -0.2) is 0 Å². The first-order valence-electron chi connectivity index (χ1n) is 5.83. The monoisotopic (exact) mass is 244 g/mol. The number of hydrogen-bond acceptors (Lipinski definition) is 4. The van der Waals surface area contributed by atoms with Gasteiger partial charge in [0.1, 0.15) is 0 Å². The third-order valence-electron chi connectivity index (χ3n) is 2.90. The Hall–Kier alpha value is -1.14. The highest BCUT2D eigenvalue weighted by molar-refractivity contribution is 5.73. The van der Waals surface area contributed by atoms with Gasteiger partial charge in [-0.05, 0) is 12.3 Å². The van der Waals surface area contributed by atoms with Crippen molar-refractivity contribution >= 4 is 11.9 Å². The third-order valence-corrected chi connectivity index (χ3v) is 2.90. The molecule has 1 fully saturated rings. The zero-order chi connectivity index (χ0) is 12.8. The minimum absolute atomic E-state index is 0.0165. The predicted octanol–water partition coefficient (Wildman–Crippen LogP) is -0.720. The summed E-state index contributed by atoms with van der Waals surface area (Å²) >= 11 is 0. The number of amides is 1. The van der Waals surface area contributed by atoms with Gasteiger partial charge in [-0.2, -0.15) is 0 Å². The summed E-state index contributed by atoms with van der Waals surface area (Å²) in [6.45, 7) is 3.37. The van der Waals surface area contributed by atoms with E-state index in [1.165, 1.54) is 6.92 Å². The summed E-state index contributed by atoms with van der Waals surface area (Å²) in [5.41, 5.74) is 0. The summed E-state index contributed by atoms with van der Waals surface area (Å²) in [5.74, 6) is -0.887. The maximum Gasteiger partial charge on any atom is 0.303 e. The molecule has 6 heteroatoms. The van der Waals surface area contributed by atoms with Crippen LogP contribution in [0.15, 0.2) is 0 Å². The van der Waals surface area contributed by atoms with Crippen LogP contribution in [-0.4, -0.2) is 59.3 Å². The van der Waals surface area contributed by atoms with Gasteiger partial charge in [-0.3, -0.25) is 14.5 Å². The number of aliphatic hydroxyl groups excluding tert-OH is 1. The van der Waals surface area contributed by atoms with Gasteiger partial charge in [-0.15, -0.1) is 0 Å². The van der Waals surface area contributed by atoms with Crippen LogP contribution in [0.3, 0.4) is 0 Å². The molecule has 6 nitrogen and oxygen atoms in total. The van der Waals surface area contributed by atoms with Crippen molar-refractivity contribution in [2.24, 2.45) is 5.92 Å². The summed E-state index contributed by atoms with van der Waals surface area (Å²) in [7, 11) is 0. The number of β-amino-alcohol motifs (C(OH)–C–C–N with tert-alkyl or cyclic N) is 1. The first-order chi connectivity index (χ1) is 8.01. The molecule has 0 aliphatic carbocycles. The van der Waals surface area contributed by atoms with Gasteiger partial charge in [0.25, 0.3) is 0 Å². The highest BCUT2D eigenvalue weighted by Gasteiger charge is 2.28.